The van der Waals surface area contributed by atoms with Crippen LogP contribution >= 0.6 is 0 Å². The van der Waals surface area contributed by atoms with Gasteiger partial charge in [-0.2, -0.15) is 0 Å². The summed E-state index contributed by atoms with van der Waals surface area (Å²) in [5.41, 5.74) is 1.32. The highest BCUT2D eigenvalue weighted by molar-refractivity contribution is 5.76. The zero-order valence-corrected chi connectivity index (χ0v) is 21.9. The highest BCUT2D eigenvalue weighted by Crippen LogP contribution is 2.61. The van der Waals surface area contributed by atoms with Gasteiger partial charge in [-0.15, -0.1) is 0 Å². The van der Waals surface area contributed by atoms with Gasteiger partial charge in [0.1, 0.15) is 6.61 Å². The normalized spacial score (nSPS) is 26.2. The third-order valence-electron chi connectivity index (χ3n) is 8.30. The molecule has 0 unspecified atom stereocenters. The maximum atomic E-state index is 12.5. The summed E-state index contributed by atoms with van der Waals surface area (Å²) in [5, 5.41) is 3.07. The number of unbranched alkanes of at least 4 members (excludes halogenated alkanes) is 3. The van der Waals surface area contributed by atoms with Crippen LogP contribution in [0.25, 0.3) is 0 Å². The number of carbonyl (C=O) groups excluding carboxylic acids is 2. The van der Waals surface area contributed by atoms with E-state index in [1.807, 2.05) is 30.3 Å². The van der Waals surface area contributed by atoms with Gasteiger partial charge >= 0.3 is 5.97 Å². The zero-order valence-electron chi connectivity index (χ0n) is 21.9. The molecule has 6 nitrogen and oxygen atoms in total. The molecule has 1 aromatic carbocycles. The van der Waals surface area contributed by atoms with Crippen molar-refractivity contribution in [3.63, 3.8) is 0 Å². The Morgan fingerprint density at radius 1 is 0.806 bits per heavy atom. The molecule has 0 heterocycles. The van der Waals surface area contributed by atoms with Gasteiger partial charge in [0, 0.05) is 26.0 Å². The fourth-order valence-electron chi connectivity index (χ4n) is 7.13. The lowest BCUT2D eigenvalue weighted by molar-refractivity contribution is -0.145. The predicted octanol–water partition coefficient (Wildman–Crippen LogP) is 5.44. The fourth-order valence-corrected chi connectivity index (χ4v) is 7.13. The fraction of sp³-hybridized carbons (Fsp3) is 0.733. The molecule has 1 amide bonds. The van der Waals surface area contributed by atoms with Gasteiger partial charge in [0.25, 0.3) is 0 Å². The Kier molecular flexibility index (Phi) is 10.6. The number of amides is 1. The van der Waals surface area contributed by atoms with Gasteiger partial charge in [-0.25, -0.2) is 0 Å². The summed E-state index contributed by atoms with van der Waals surface area (Å²) in [6.45, 7) is 3.31. The van der Waals surface area contributed by atoms with E-state index < -0.39 is 0 Å². The molecule has 0 aliphatic heterocycles. The first-order valence-corrected chi connectivity index (χ1v) is 14.2. The molecule has 200 valence electrons. The average Bonchev–Trinajstić information content (AvgIpc) is 2.85. The van der Waals surface area contributed by atoms with Crippen LogP contribution in [0.3, 0.4) is 0 Å². The molecule has 4 aliphatic carbocycles. The van der Waals surface area contributed by atoms with Crippen LogP contribution in [0.2, 0.25) is 0 Å². The van der Waals surface area contributed by atoms with E-state index in [9.17, 15) is 9.59 Å². The van der Waals surface area contributed by atoms with Crippen LogP contribution in [0.1, 0.15) is 82.6 Å². The minimum atomic E-state index is -0.129. The van der Waals surface area contributed by atoms with Crippen molar-refractivity contribution in [3.05, 3.63) is 35.9 Å². The van der Waals surface area contributed by atoms with Crippen molar-refractivity contribution in [1.29, 1.82) is 0 Å². The first-order valence-electron chi connectivity index (χ1n) is 14.2. The molecule has 0 radical (unpaired) electrons. The first-order chi connectivity index (χ1) is 17.6. The Morgan fingerprint density at radius 3 is 2.14 bits per heavy atom. The second-order valence-corrected chi connectivity index (χ2v) is 11.5. The highest BCUT2D eigenvalue weighted by atomic mass is 16.5. The molecule has 4 aliphatic rings. The summed E-state index contributed by atoms with van der Waals surface area (Å²) >= 11 is 0. The van der Waals surface area contributed by atoms with Crippen LogP contribution in [0.15, 0.2) is 30.3 Å². The molecule has 0 atom stereocenters. The number of benzene rings is 1. The minimum absolute atomic E-state index is 0.129. The van der Waals surface area contributed by atoms with Crippen LogP contribution in [0.4, 0.5) is 0 Å². The first kappa shape index (κ1) is 27.1. The molecule has 36 heavy (non-hydrogen) atoms. The Balaban J connectivity index is 0.902. The van der Waals surface area contributed by atoms with Crippen LogP contribution in [0, 0.1) is 23.2 Å². The van der Waals surface area contributed by atoms with Crippen molar-refractivity contribution in [3.8, 4) is 0 Å². The molecule has 0 aromatic heterocycles. The predicted molar refractivity (Wildman–Crippen MR) is 139 cm³/mol. The third-order valence-corrected chi connectivity index (χ3v) is 8.30. The topological polar surface area (TPSA) is 73.9 Å². The Labute approximate surface area is 216 Å². The molecule has 0 spiro atoms. The molecule has 5 rings (SSSR count). The van der Waals surface area contributed by atoms with E-state index in [0.29, 0.717) is 57.8 Å². The van der Waals surface area contributed by atoms with E-state index in [1.165, 1.54) is 38.5 Å². The number of rotatable bonds is 17. The molecule has 6 heteroatoms. The van der Waals surface area contributed by atoms with Gasteiger partial charge in [0.05, 0.1) is 19.8 Å². The van der Waals surface area contributed by atoms with Crippen molar-refractivity contribution < 1.29 is 23.8 Å². The molecule has 1 N–H and O–H groups in total. The van der Waals surface area contributed by atoms with Gasteiger partial charge in [0.2, 0.25) is 5.91 Å². The Morgan fingerprint density at radius 2 is 1.44 bits per heavy atom. The number of ether oxygens (including phenoxy) is 3. The van der Waals surface area contributed by atoms with E-state index in [2.05, 4.69) is 5.32 Å². The van der Waals surface area contributed by atoms with Crippen LogP contribution in [-0.4, -0.2) is 44.8 Å². The second kappa shape index (κ2) is 14.1. The summed E-state index contributed by atoms with van der Waals surface area (Å²) in [7, 11) is 0. The second-order valence-electron chi connectivity index (χ2n) is 11.5. The van der Waals surface area contributed by atoms with Gasteiger partial charge in [-0.3, -0.25) is 9.59 Å². The van der Waals surface area contributed by atoms with E-state index >= 15 is 0 Å². The molecule has 1 aromatic rings. The molecule has 4 saturated carbocycles. The van der Waals surface area contributed by atoms with Crippen molar-refractivity contribution in [2.24, 2.45) is 23.2 Å². The lowest BCUT2D eigenvalue weighted by atomic mass is 9.49. The lowest BCUT2D eigenvalue weighted by Crippen LogP contribution is -2.48. The SMILES string of the molecule is O=C(CC12CC3CC(CC(C3)C1)C2)NCCOCCOCCCCCCC(=O)OCc1ccccc1. The quantitative estimate of drug-likeness (QED) is 0.228. The maximum absolute atomic E-state index is 12.5. The smallest absolute Gasteiger partial charge is 0.306 e. The monoisotopic (exact) mass is 499 g/mol. The standard InChI is InChI=1S/C30H45NO5/c32-28(22-30-19-25-16-26(20-30)18-27(17-25)21-30)31-11-13-35-15-14-34-12-7-2-1-6-10-29(33)36-23-24-8-4-3-5-9-24/h3-5,8-9,25-27H,1-2,6-7,10-23H2,(H,31,32). The molecule has 4 bridgehead atoms. The summed E-state index contributed by atoms with van der Waals surface area (Å²) in [4.78, 5) is 24.3. The number of hydrogen-bond acceptors (Lipinski definition) is 5. The number of esters is 1. The van der Waals surface area contributed by atoms with Crippen LogP contribution in [-0.2, 0) is 30.4 Å². The largest absolute Gasteiger partial charge is 0.461 e. The van der Waals surface area contributed by atoms with E-state index in [1.54, 1.807) is 0 Å². The minimum Gasteiger partial charge on any atom is -0.461 e. The zero-order chi connectivity index (χ0) is 25.1. The molecule has 4 fully saturated rings. The van der Waals surface area contributed by atoms with Gasteiger partial charge in [0.15, 0.2) is 0 Å². The third kappa shape index (κ3) is 8.88. The van der Waals surface area contributed by atoms with E-state index in [4.69, 9.17) is 14.2 Å². The van der Waals surface area contributed by atoms with E-state index in [0.717, 1.165) is 49.0 Å². The lowest BCUT2D eigenvalue weighted by Gasteiger charge is -2.56. The van der Waals surface area contributed by atoms with Crippen LogP contribution < -0.4 is 5.32 Å². The molecular formula is C30H45NO5. The highest BCUT2D eigenvalue weighted by Gasteiger charge is 2.51. The van der Waals surface area contributed by atoms with Crippen molar-refractivity contribution >= 4 is 11.9 Å². The molecule has 0 saturated heterocycles. The summed E-state index contributed by atoms with van der Waals surface area (Å²) in [6.07, 6.45) is 13.2. The van der Waals surface area contributed by atoms with Crippen LogP contribution in [0.5, 0.6) is 0 Å². The van der Waals surface area contributed by atoms with Crippen molar-refractivity contribution in [1.82, 2.24) is 5.32 Å². The van der Waals surface area contributed by atoms with Crippen molar-refractivity contribution in [2.45, 2.75) is 83.7 Å². The Hall–Kier alpha value is -1.92. The summed E-state index contributed by atoms with van der Waals surface area (Å²) in [5.74, 6) is 2.75. The average molecular weight is 500 g/mol. The maximum Gasteiger partial charge on any atom is 0.306 e. The Bertz CT molecular complexity index is 776. The summed E-state index contributed by atoms with van der Waals surface area (Å²) in [6, 6.07) is 9.76. The summed E-state index contributed by atoms with van der Waals surface area (Å²) < 4.78 is 16.5. The van der Waals surface area contributed by atoms with Gasteiger partial charge in [-0.05, 0) is 80.1 Å². The van der Waals surface area contributed by atoms with Crippen molar-refractivity contribution in [2.75, 3.05) is 33.0 Å². The number of nitrogens with one attached hydrogen (secondary N) is 1. The molecular weight excluding hydrogens is 454 g/mol. The number of hydrogen-bond donors (Lipinski definition) is 1. The number of carbonyl (C=O) groups is 2. The van der Waals surface area contributed by atoms with Gasteiger partial charge in [-0.1, -0.05) is 43.2 Å². The van der Waals surface area contributed by atoms with E-state index in [-0.39, 0.29) is 11.9 Å². The van der Waals surface area contributed by atoms with Gasteiger partial charge < -0.3 is 19.5 Å².